The Morgan fingerprint density at radius 3 is 2.94 bits per heavy atom. The third-order valence-electron chi connectivity index (χ3n) is 3.78. The van der Waals surface area contributed by atoms with E-state index in [0.717, 1.165) is 30.9 Å². The molecule has 0 amide bonds. The number of piperidine rings is 1. The van der Waals surface area contributed by atoms with Crippen molar-refractivity contribution in [3.05, 3.63) is 34.3 Å². The van der Waals surface area contributed by atoms with Gasteiger partial charge in [0.2, 0.25) is 0 Å². The zero-order valence-electron chi connectivity index (χ0n) is 10.4. The van der Waals surface area contributed by atoms with Crippen molar-refractivity contribution in [2.75, 3.05) is 13.1 Å². The maximum absolute atomic E-state index is 11.1. The largest absolute Gasteiger partial charge is 0.417 e. The smallest absolute Gasteiger partial charge is 0.408 e. The summed E-state index contributed by atoms with van der Waals surface area (Å²) in [4.78, 5) is 13.8. The summed E-state index contributed by atoms with van der Waals surface area (Å²) in [5.41, 5.74) is 2.73. The highest BCUT2D eigenvalue weighted by atomic mass is 16.4. The van der Waals surface area contributed by atoms with E-state index >= 15 is 0 Å². The number of aromatic nitrogens is 1. The number of nitrogens with one attached hydrogen (secondary N) is 2. The van der Waals surface area contributed by atoms with E-state index in [4.69, 9.17) is 4.42 Å². The molecule has 2 N–H and O–H groups in total. The number of benzene rings is 1. The lowest BCUT2D eigenvalue weighted by atomic mass is 9.91. The zero-order valence-corrected chi connectivity index (χ0v) is 10.4. The molecular weight excluding hydrogens is 228 g/mol. The first-order valence-corrected chi connectivity index (χ1v) is 6.64. The Balaban J connectivity index is 1.68. The van der Waals surface area contributed by atoms with E-state index in [1.165, 1.54) is 24.8 Å². The fourth-order valence-electron chi connectivity index (χ4n) is 2.70. The van der Waals surface area contributed by atoms with Crippen molar-refractivity contribution in [1.82, 2.24) is 10.3 Å². The normalized spacial score (nSPS) is 17.3. The molecule has 1 aromatic heterocycles. The minimum absolute atomic E-state index is 0.375. The molecule has 1 aliphatic rings. The van der Waals surface area contributed by atoms with Gasteiger partial charge in [-0.25, -0.2) is 4.79 Å². The van der Waals surface area contributed by atoms with Crippen LogP contribution in [0.5, 0.6) is 0 Å². The lowest BCUT2D eigenvalue weighted by Crippen LogP contribution is -2.27. The molecule has 0 aliphatic carbocycles. The Kier molecular flexibility index (Phi) is 3.19. The van der Waals surface area contributed by atoms with Crippen molar-refractivity contribution in [3.63, 3.8) is 0 Å². The van der Waals surface area contributed by atoms with Crippen molar-refractivity contribution in [1.29, 1.82) is 0 Å². The Morgan fingerprint density at radius 1 is 1.28 bits per heavy atom. The number of aryl methyl sites for hydroxylation is 1. The molecule has 1 saturated heterocycles. The molecule has 0 spiro atoms. The summed E-state index contributed by atoms with van der Waals surface area (Å²) >= 11 is 0. The van der Waals surface area contributed by atoms with Crippen molar-refractivity contribution < 1.29 is 4.42 Å². The maximum Gasteiger partial charge on any atom is 0.417 e. The summed E-state index contributed by atoms with van der Waals surface area (Å²) in [6.07, 6.45) is 4.87. The second-order valence-electron chi connectivity index (χ2n) is 5.08. The van der Waals surface area contributed by atoms with Crippen molar-refractivity contribution >= 4 is 11.1 Å². The Labute approximate surface area is 105 Å². The predicted octanol–water partition coefficient (Wildman–Crippen LogP) is 2.05. The monoisotopic (exact) mass is 246 g/mol. The summed E-state index contributed by atoms with van der Waals surface area (Å²) in [6.45, 7) is 2.30. The minimum Gasteiger partial charge on any atom is -0.408 e. The van der Waals surface area contributed by atoms with Crippen LogP contribution in [0, 0.1) is 5.92 Å². The number of hydrogen-bond donors (Lipinski definition) is 2. The third kappa shape index (κ3) is 2.48. The Bertz CT molecular complexity index is 579. The van der Waals surface area contributed by atoms with Gasteiger partial charge >= 0.3 is 5.76 Å². The fraction of sp³-hybridized carbons (Fsp3) is 0.500. The van der Waals surface area contributed by atoms with Crippen molar-refractivity contribution in [2.24, 2.45) is 5.92 Å². The fourth-order valence-corrected chi connectivity index (χ4v) is 2.70. The van der Waals surface area contributed by atoms with Gasteiger partial charge in [-0.05, 0) is 62.4 Å². The predicted molar refractivity (Wildman–Crippen MR) is 70.7 cm³/mol. The van der Waals surface area contributed by atoms with Crippen LogP contribution in [-0.2, 0) is 6.42 Å². The maximum atomic E-state index is 11.1. The van der Waals surface area contributed by atoms with Crippen LogP contribution < -0.4 is 11.1 Å². The SMILES string of the molecule is O=c1[nH]c2cc(CCC3CCNCC3)ccc2o1. The van der Waals surface area contributed by atoms with Gasteiger partial charge < -0.3 is 9.73 Å². The summed E-state index contributed by atoms with van der Waals surface area (Å²) in [7, 11) is 0. The average molecular weight is 246 g/mol. The summed E-state index contributed by atoms with van der Waals surface area (Å²) in [5.74, 6) is 0.464. The van der Waals surface area contributed by atoms with Crippen LogP contribution in [0.4, 0.5) is 0 Å². The van der Waals surface area contributed by atoms with Gasteiger partial charge in [0, 0.05) is 0 Å². The quantitative estimate of drug-likeness (QED) is 0.871. The first kappa shape index (κ1) is 11.5. The Morgan fingerprint density at radius 2 is 2.11 bits per heavy atom. The summed E-state index contributed by atoms with van der Waals surface area (Å²) in [5, 5.41) is 3.39. The van der Waals surface area contributed by atoms with Crippen LogP contribution in [0.3, 0.4) is 0 Å². The molecule has 96 valence electrons. The molecule has 0 radical (unpaired) electrons. The van der Waals surface area contributed by atoms with E-state index in [1.807, 2.05) is 12.1 Å². The number of hydrogen-bond acceptors (Lipinski definition) is 3. The summed E-state index contributed by atoms with van der Waals surface area (Å²) < 4.78 is 5.00. The van der Waals surface area contributed by atoms with E-state index in [0.29, 0.717) is 5.58 Å². The lowest BCUT2D eigenvalue weighted by Gasteiger charge is -2.22. The van der Waals surface area contributed by atoms with Crippen LogP contribution in [0.2, 0.25) is 0 Å². The van der Waals surface area contributed by atoms with Gasteiger partial charge in [-0.2, -0.15) is 0 Å². The number of fused-ring (bicyclic) bond motifs is 1. The molecule has 3 rings (SSSR count). The van der Waals surface area contributed by atoms with E-state index in [1.54, 1.807) is 0 Å². The molecule has 0 bridgehead atoms. The molecule has 0 saturated carbocycles. The molecule has 1 aromatic carbocycles. The van der Waals surface area contributed by atoms with Gasteiger partial charge in [0.05, 0.1) is 5.52 Å². The molecular formula is C14H18N2O2. The van der Waals surface area contributed by atoms with Gasteiger partial charge in [-0.3, -0.25) is 4.98 Å². The second kappa shape index (κ2) is 4.98. The number of H-pyrrole nitrogens is 1. The molecule has 0 atom stereocenters. The van der Waals surface area contributed by atoms with Crippen molar-refractivity contribution in [3.8, 4) is 0 Å². The van der Waals surface area contributed by atoms with Crippen molar-refractivity contribution in [2.45, 2.75) is 25.7 Å². The van der Waals surface area contributed by atoms with Gasteiger partial charge in [0.25, 0.3) is 0 Å². The van der Waals surface area contributed by atoms with Gasteiger partial charge in [-0.1, -0.05) is 6.07 Å². The topological polar surface area (TPSA) is 58.0 Å². The second-order valence-corrected chi connectivity index (χ2v) is 5.08. The lowest BCUT2D eigenvalue weighted by molar-refractivity contribution is 0.354. The van der Waals surface area contributed by atoms with Gasteiger partial charge in [-0.15, -0.1) is 0 Å². The van der Waals surface area contributed by atoms with E-state index < -0.39 is 0 Å². The molecule has 0 unspecified atom stereocenters. The van der Waals surface area contributed by atoms with Gasteiger partial charge in [0.1, 0.15) is 0 Å². The Hall–Kier alpha value is -1.55. The molecule has 1 aliphatic heterocycles. The number of oxazole rings is 1. The number of rotatable bonds is 3. The average Bonchev–Trinajstić information content (AvgIpc) is 2.77. The first-order valence-electron chi connectivity index (χ1n) is 6.64. The van der Waals surface area contributed by atoms with Crippen LogP contribution in [0.1, 0.15) is 24.8 Å². The molecule has 2 aromatic rings. The van der Waals surface area contributed by atoms with E-state index in [2.05, 4.69) is 16.4 Å². The number of aromatic amines is 1. The van der Waals surface area contributed by atoms with Crippen LogP contribution >= 0.6 is 0 Å². The van der Waals surface area contributed by atoms with Crippen LogP contribution in [0.15, 0.2) is 27.4 Å². The van der Waals surface area contributed by atoms with Crippen LogP contribution in [0.25, 0.3) is 11.1 Å². The summed E-state index contributed by atoms with van der Waals surface area (Å²) in [6, 6.07) is 5.96. The zero-order chi connectivity index (χ0) is 12.4. The van der Waals surface area contributed by atoms with Crippen LogP contribution in [-0.4, -0.2) is 18.1 Å². The highest BCUT2D eigenvalue weighted by Crippen LogP contribution is 2.20. The highest BCUT2D eigenvalue weighted by Gasteiger charge is 2.12. The molecule has 4 heteroatoms. The minimum atomic E-state index is -0.375. The van der Waals surface area contributed by atoms with Gasteiger partial charge in [0.15, 0.2) is 5.58 Å². The first-order chi connectivity index (χ1) is 8.81. The van der Waals surface area contributed by atoms with E-state index in [9.17, 15) is 4.79 Å². The third-order valence-corrected chi connectivity index (χ3v) is 3.78. The highest BCUT2D eigenvalue weighted by molar-refractivity contribution is 5.72. The molecule has 2 heterocycles. The van der Waals surface area contributed by atoms with E-state index in [-0.39, 0.29) is 5.76 Å². The molecule has 18 heavy (non-hydrogen) atoms. The molecule has 4 nitrogen and oxygen atoms in total. The molecule has 1 fully saturated rings. The standard InChI is InChI=1S/C14H18N2O2/c17-14-16-12-9-11(3-4-13(12)18-14)2-1-10-5-7-15-8-6-10/h3-4,9-10,15H,1-2,5-8H2,(H,16,17).